The van der Waals surface area contributed by atoms with Crippen LogP contribution in [0.4, 0.5) is 0 Å². The fraction of sp³-hybridized carbons (Fsp3) is 1.00. The van der Waals surface area contributed by atoms with Gasteiger partial charge in [0.2, 0.25) is 0 Å². The van der Waals surface area contributed by atoms with Crippen molar-refractivity contribution in [1.82, 2.24) is 14.7 Å². The number of hydrogen-bond donors (Lipinski definition) is 1. The van der Waals surface area contributed by atoms with Crippen molar-refractivity contribution in [2.75, 3.05) is 52.4 Å². The van der Waals surface area contributed by atoms with Crippen LogP contribution in [0.1, 0.15) is 151 Å². The Morgan fingerprint density at radius 2 is 0.923 bits per heavy atom. The van der Waals surface area contributed by atoms with E-state index in [1.807, 2.05) is 0 Å². The molecule has 0 aliphatic heterocycles. The predicted octanol–water partition coefficient (Wildman–Crippen LogP) is 8.34. The third-order valence-corrected chi connectivity index (χ3v) is 10.7. The lowest BCUT2D eigenvalue weighted by Crippen LogP contribution is -2.59. The molecule has 4 nitrogen and oxygen atoms in total. The van der Waals surface area contributed by atoms with Gasteiger partial charge < -0.3 is 10.6 Å². The van der Waals surface area contributed by atoms with E-state index in [1.54, 1.807) is 0 Å². The summed E-state index contributed by atoms with van der Waals surface area (Å²) in [6.45, 7) is 24.6. The molecule has 2 unspecified atom stereocenters. The van der Waals surface area contributed by atoms with Crippen LogP contribution in [0.3, 0.4) is 0 Å². The van der Waals surface area contributed by atoms with Crippen molar-refractivity contribution in [1.29, 1.82) is 0 Å². The molecule has 2 N–H and O–H groups in total. The van der Waals surface area contributed by atoms with Crippen LogP contribution in [-0.2, 0) is 0 Å². The zero-order valence-corrected chi connectivity index (χ0v) is 27.8. The Morgan fingerprint density at radius 1 is 0.538 bits per heavy atom. The maximum Gasteiger partial charge on any atom is 0.0247 e. The molecule has 0 heterocycles. The molecule has 2 saturated carbocycles. The van der Waals surface area contributed by atoms with Gasteiger partial charge in [-0.15, -0.1) is 0 Å². The van der Waals surface area contributed by atoms with E-state index in [2.05, 4.69) is 56.2 Å². The summed E-state index contributed by atoms with van der Waals surface area (Å²) in [7, 11) is 0. The number of rotatable bonds is 21. The Bertz CT molecular complexity index is 537. The quantitative estimate of drug-likeness (QED) is 0.146. The molecule has 0 aromatic carbocycles. The van der Waals surface area contributed by atoms with Crippen molar-refractivity contribution in [3.05, 3.63) is 0 Å². The van der Waals surface area contributed by atoms with Crippen molar-refractivity contribution in [2.24, 2.45) is 17.6 Å². The fourth-order valence-electron chi connectivity index (χ4n) is 8.79. The average Bonchev–Trinajstić information content (AvgIpc) is 2.95. The van der Waals surface area contributed by atoms with Gasteiger partial charge >= 0.3 is 0 Å². The van der Waals surface area contributed by atoms with E-state index in [9.17, 15) is 0 Å². The van der Waals surface area contributed by atoms with E-state index in [-0.39, 0.29) is 0 Å². The molecule has 0 bridgehead atoms. The summed E-state index contributed by atoms with van der Waals surface area (Å²) >= 11 is 0. The zero-order valence-electron chi connectivity index (χ0n) is 27.8. The molecule has 4 heteroatoms. The van der Waals surface area contributed by atoms with Crippen LogP contribution in [0, 0.1) is 11.8 Å². The third kappa shape index (κ3) is 9.97. The van der Waals surface area contributed by atoms with Gasteiger partial charge in [-0.05, 0) is 115 Å². The Labute approximate surface area is 246 Å². The molecule has 39 heavy (non-hydrogen) atoms. The molecule has 0 amide bonds. The van der Waals surface area contributed by atoms with E-state index in [0.29, 0.717) is 11.1 Å². The standard InChI is InChI=1S/C35H72N4/c1-7-25-38(26-8-2)34(20-14-11-15-21-34)32(5)30-37(29-19-13-18-24-36)31-33(6)35(22-16-12-17-23-35)39(27-9-3)28-10-4/h32-33H,7-31,36H2,1-6H3. The molecule has 2 aliphatic carbocycles. The van der Waals surface area contributed by atoms with Crippen LogP contribution in [0.2, 0.25) is 0 Å². The van der Waals surface area contributed by atoms with Crippen molar-refractivity contribution >= 4 is 0 Å². The van der Waals surface area contributed by atoms with Crippen molar-refractivity contribution in [3.63, 3.8) is 0 Å². The van der Waals surface area contributed by atoms with Crippen molar-refractivity contribution < 1.29 is 0 Å². The molecule has 0 saturated heterocycles. The molecule has 2 fully saturated rings. The van der Waals surface area contributed by atoms with Gasteiger partial charge in [-0.25, -0.2) is 0 Å². The first-order valence-corrected chi connectivity index (χ1v) is 17.9. The molecular weight excluding hydrogens is 476 g/mol. The summed E-state index contributed by atoms with van der Waals surface area (Å²) in [5, 5.41) is 0. The molecule has 0 aromatic rings. The number of unbranched alkanes of at least 4 members (excludes halogenated alkanes) is 2. The van der Waals surface area contributed by atoms with Crippen LogP contribution in [0.15, 0.2) is 0 Å². The zero-order chi connectivity index (χ0) is 28.6. The lowest BCUT2D eigenvalue weighted by Gasteiger charge is -2.53. The number of nitrogens with zero attached hydrogens (tertiary/aromatic N) is 3. The highest BCUT2D eigenvalue weighted by atomic mass is 15.2. The van der Waals surface area contributed by atoms with Gasteiger partial charge in [0, 0.05) is 24.2 Å². The molecule has 2 atom stereocenters. The van der Waals surface area contributed by atoms with E-state index in [1.165, 1.54) is 155 Å². The van der Waals surface area contributed by atoms with Crippen LogP contribution < -0.4 is 5.73 Å². The summed E-state index contributed by atoms with van der Waals surface area (Å²) in [6.07, 6.45) is 23.1. The van der Waals surface area contributed by atoms with Gasteiger partial charge in [0.1, 0.15) is 0 Å². The number of nitrogens with two attached hydrogens (primary N) is 1. The smallest absolute Gasteiger partial charge is 0.0247 e. The first-order chi connectivity index (χ1) is 18.9. The van der Waals surface area contributed by atoms with Crippen LogP contribution in [0.5, 0.6) is 0 Å². The highest BCUT2D eigenvalue weighted by molar-refractivity contribution is 5.00. The first kappa shape index (κ1) is 35.0. The third-order valence-electron chi connectivity index (χ3n) is 10.7. The maximum absolute atomic E-state index is 5.89. The van der Waals surface area contributed by atoms with Crippen LogP contribution >= 0.6 is 0 Å². The lowest BCUT2D eigenvalue weighted by molar-refractivity contribution is -0.0278. The van der Waals surface area contributed by atoms with Crippen LogP contribution in [0.25, 0.3) is 0 Å². The van der Waals surface area contributed by atoms with Gasteiger partial charge in [0.25, 0.3) is 0 Å². The Kier molecular flexibility index (Phi) is 17.2. The van der Waals surface area contributed by atoms with Crippen LogP contribution in [-0.4, -0.2) is 78.1 Å². The van der Waals surface area contributed by atoms with Gasteiger partial charge in [0.05, 0.1) is 0 Å². The van der Waals surface area contributed by atoms with E-state index in [4.69, 9.17) is 5.73 Å². The molecule has 0 radical (unpaired) electrons. The van der Waals surface area contributed by atoms with Gasteiger partial charge in [0.15, 0.2) is 0 Å². The predicted molar refractivity (Wildman–Crippen MR) is 174 cm³/mol. The van der Waals surface area contributed by atoms with Gasteiger partial charge in [-0.2, -0.15) is 0 Å². The minimum atomic E-state index is 0.405. The van der Waals surface area contributed by atoms with Crippen molar-refractivity contribution in [3.8, 4) is 0 Å². The van der Waals surface area contributed by atoms with Crippen molar-refractivity contribution in [2.45, 2.75) is 162 Å². The normalized spacial score (nSPS) is 21.1. The van der Waals surface area contributed by atoms with Gasteiger partial charge in [-0.1, -0.05) is 86.5 Å². The second-order valence-electron chi connectivity index (χ2n) is 13.7. The van der Waals surface area contributed by atoms with E-state index < -0.39 is 0 Å². The fourth-order valence-corrected chi connectivity index (χ4v) is 8.79. The lowest BCUT2D eigenvalue weighted by atomic mass is 9.70. The Morgan fingerprint density at radius 3 is 1.26 bits per heavy atom. The Balaban J connectivity index is 2.29. The van der Waals surface area contributed by atoms with Gasteiger partial charge in [-0.3, -0.25) is 9.80 Å². The summed E-state index contributed by atoms with van der Waals surface area (Å²) < 4.78 is 0. The molecule has 0 aromatic heterocycles. The highest BCUT2D eigenvalue weighted by Crippen LogP contribution is 2.43. The van der Waals surface area contributed by atoms with E-state index >= 15 is 0 Å². The largest absolute Gasteiger partial charge is 0.330 e. The summed E-state index contributed by atoms with van der Waals surface area (Å²) in [4.78, 5) is 8.87. The average molecular weight is 549 g/mol. The first-order valence-electron chi connectivity index (χ1n) is 17.9. The maximum atomic E-state index is 5.89. The highest BCUT2D eigenvalue weighted by Gasteiger charge is 2.44. The monoisotopic (exact) mass is 549 g/mol. The SMILES string of the molecule is CCCN(CCC)C1(C(C)CN(CCCCCN)CC(C)C2(N(CCC)CCC)CCCCC2)CCCCC1. The minimum Gasteiger partial charge on any atom is -0.330 e. The molecule has 2 rings (SSSR count). The summed E-state index contributed by atoms with van der Waals surface area (Å²) in [5.74, 6) is 1.45. The number of hydrogen-bond acceptors (Lipinski definition) is 4. The minimum absolute atomic E-state index is 0.405. The second kappa shape index (κ2) is 19.1. The summed E-state index contributed by atoms with van der Waals surface area (Å²) in [5.41, 5.74) is 6.70. The summed E-state index contributed by atoms with van der Waals surface area (Å²) in [6, 6.07) is 0. The topological polar surface area (TPSA) is 35.7 Å². The van der Waals surface area contributed by atoms with E-state index in [0.717, 1.165) is 18.4 Å². The molecular formula is C35H72N4. The molecule has 232 valence electrons. The Hall–Kier alpha value is -0.160. The molecule has 2 aliphatic rings. The second-order valence-corrected chi connectivity index (χ2v) is 13.7. The molecule has 0 spiro atoms.